The van der Waals surface area contributed by atoms with E-state index in [1.54, 1.807) is 18.0 Å². The Balaban J connectivity index is 1.62. The average Bonchev–Trinajstić information content (AvgIpc) is 3.13. The predicted molar refractivity (Wildman–Crippen MR) is 112 cm³/mol. The molecule has 2 heterocycles. The van der Waals surface area contributed by atoms with E-state index in [9.17, 15) is 19.5 Å². The molecule has 1 unspecified atom stereocenters. The number of carboxylic acids is 1. The highest BCUT2D eigenvalue weighted by Gasteiger charge is 2.26. The van der Waals surface area contributed by atoms with Gasteiger partial charge < -0.3 is 15.3 Å². The molecule has 2 atom stereocenters. The van der Waals surface area contributed by atoms with Crippen LogP contribution in [0.2, 0.25) is 0 Å². The van der Waals surface area contributed by atoms with Gasteiger partial charge in [-0.2, -0.15) is 5.10 Å². The van der Waals surface area contributed by atoms with Crippen molar-refractivity contribution in [3.05, 3.63) is 42.1 Å². The van der Waals surface area contributed by atoms with Gasteiger partial charge in [-0.15, -0.1) is 0 Å². The Bertz CT molecular complexity index is 909. The van der Waals surface area contributed by atoms with Gasteiger partial charge in [-0.3, -0.25) is 14.3 Å². The molecule has 8 nitrogen and oxygen atoms in total. The van der Waals surface area contributed by atoms with Crippen LogP contribution < -0.4 is 5.32 Å². The summed E-state index contributed by atoms with van der Waals surface area (Å²) >= 11 is 0. The highest BCUT2D eigenvalue weighted by Crippen LogP contribution is 2.19. The summed E-state index contributed by atoms with van der Waals surface area (Å²) in [5.41, 5.74) is 1.75. The van der Waals surface area contributed by atoms with E-state index in [4.69, 9.17) is 0 Å². The van der Waals surface area contributed by atoms with Gasteiger partial charge in [-0.1, -0.05) is 37.3 Å². The maximum Gasteiger partial charge on any atom is 0.326 e. The lowest BCUT2D eigenvalue weighted by Crippen LogP contribution is -2.43. The van der Waals surface area contributed by atoms with Gasteiger partial charge in [-0.25, -0.2) is 4.79 Å². The number of rotatable bonds is 7. The minimum absolute atomic E-state index is 0.0498. The van der Waals surface area contributed by atoms with Crippen LogP contribution in [0.4, 0.5) is 0 Å². The lowest BCUT2D eigenvalue weighted by Gasteiger charge is -2.31. The number of benzene rings is 1. The molecular weight excluding hydrogens is 384 g/mol. The van der Waals surface area contributed by atoms with Gasteiger partial charge in [0.05, 0.1) is 5.69 Å². The molecule has 3 rings (SSSR count). The topological polar surface area (TPSA) is 105 Å². The van der Waals surface area contributed by atoms with E-state index in [-0.39, 0.29) is 24.4 Å². The molecule has 1 saturated heterocycles. The molecule has 0 aliphatic carbocycles. The van der Waals surface area contributed by atoms with Crippen molar-refractivity contribution >= 4 is 17.8 Å². The van der Waals surface area contributed by atoms with E-state index in [0.717, 1.165) is 18.4 Å². The number of aliphatic carboxylic acids is 1. The largest absolute Gasteiger partial charge is 0.480 e. The molecule has 2 N–H and O–H groups in total. The quantitative estimate of drug-likeness (QED) is 0.726. The molecule has 1 aromatic carbocycles. The van der Waals surface area contributed by atoms with Crippen molar-refractivity contribution in [2.75, 3.05) is 13.1 Å². The van der Waals surface area contributed by atoms with Crippen LogP contribution in [0, 0.1) is 5.92 Å². The summed E-state index contributed by atoms with van der Waals surface area (Å²) in [5, 5.41) is 16.4. The summed E-state index contributed by atoms with van der Waals surface area (Å²) in [7, 11) is 1.64. The van der Waals surface area contributed by atoms with Crippen molar-refractivity contribution in [3.63, 3.8) is 0 Å². The van der Waals surface area contributed by atoms with Crippen LogP contribution in [-0.2, 0) is 16.6 Å². The number of piperidine rings is 1. The van der Waals surface area contributed by atoms with Crippen LogP contribution in [0.5, 0.6) is 0 Å². The Morgan fingerprint density at radius 2 is 2.00 bits per heavy atom. The third-order valence-corrected chi connectivity index (χ3v) is 5.44. The Morgan fingerprint density at radius 3 is 2.67 bits per heavy atom. The summed E-state index contributed by atoms with van der Waals surface area (Å²) < 4.78 is 1.43. The molecule has 0 spiro atoms. The number of aryl methyl sites for hydroxylation is 1. The molecule has 0 bridgehead atoms. The van der Waals surface area contributed by atoms with Crippen molar-refractivity contribution in [1.82, 2.24) is 20.0 Å². The minimum atomic E-state index is -1.16. The number of carbonyl (C=O) groups is 3. The summed E-state index contributed by atoms with van der Waals surface area (Å²) in [6.45, 7) is 3.53. The first-order valence-corrected chi connectivity index (χ1v) is 10.3. The summed E-state index contributed by atoms with van der Waals surface area (Å²) in [5.74, 6) is -1.29. The first-order chi connectivity index (χ1) is 14.3. The summed E-state index contributed by atoms with van der Waals surface area (Å²) in [4.78, 5) is 38.6. The average molecular weight is 412 g/mol. The molecule has 30 heavy (non-hydrogen) atoms. The van der Waals surface area contributed by atoms with Gasteiger partial charge in [0.25, 0.3) is 5.91 Å². The van der Waals surface area contributed by atoms with Gasteiger partial charge >= 0.3 is 5.97 Å². The minimum Gasteiger partial charge on any atom is -0.480 e. The molecule has 1 aliphatic heterocycles. The number of amides is 2. The van der Waals surface area contributed by atoms with Crippen LogP contribution in [0.3, 0.4) is 0 Å². The number of hydrogen-bond acceptors (Lipinski definition) is 4. The number of aromatic nitrogens is 2. The summed E-state index contributed by atoms with van der Waals surface area (Å²) in [6.07, 6.45) is 2.21. The highest BCUT2D eigenvalue weighted by molar-refractivity contribution is 5.96. The van der Waals surface area contributed by atoms with E-state index in [2.05, 4.69) is 17.3 Å². The predicted octanol–water partition coefficient (Wildman–Crippen LogP) is 2.31. The third kappa shape index (κ3) is 5.25. The normalized spacial score (nSPS) is 17.4. The molecule has 1 fully saturated rings. The van der Waals surface area contributed by atoms with Gasteiger partial charge in [0.1, 0.15) is 11.7 Å². The SMILES string of the molecule is CC1CCCN(C(=O)CC[C@@H](NC(=O)c2cc(-c3ccccc3)nn2C)C(=O)O)C1. The molecule has 2 amide bonds. The van der Waals surface area contributed by atoms with E-state index in [0.29, 0.717) is 24.7 Å². The monoisotopic (exact) mass is 412 g/mol. The Hall–Kier alpha value is -3.16. The second-order valence-corrected chi connectivity index (χ2v) is 7.89. The third-order valence-electron chi connectivity index (χ3n) is 5.44. The zero-order chi connectivity index (χ0) is 21.7. The number of likely N-dealkylation sites (tertiary alicyclic amines) is 1. The Morgan fingerprint density at radius 1 is 1.27 bits per heavy atom. The molecule has 0 saturated carbocycles. The molecule has 8 heteroatoms. The van der Waals surface area contributed by atoms with Crippen LogP contribution in [-0.4, -0.2) is 56.7 Å². The molecule has 2 aromatic rings. The fraction of sp³-hybridized carbons (Fsp3) is 0.455. The van der Waals surface area contributed by atoms with E-state index >= 15 is 0 Å². The lowest BCUT2D eigenvalue weighted by atomic mass is 9.99. The molecular formula is C22H28N4O4. The molecule has 0 radical (unpaired) electrons. The number of nitrogens with one attached hydrogen (secondary N) is 1. The summed E-state index contributed by atoms with van der Waals surface area (Å²) in [6, 6.07) is 9.91. The fourth-order valence-electron chi connectivity index (χ4n) is 3.76. The van der Waals surface area contributed by atoms with Crippen molar-refractivity contribution in [1.29, 1.82) is 0 Å². The Kier molecular flexibility index (Phi) is 6.87. The molecule has 1 aromatic heterocycles. The molecule has 160 valence electrons. The van der Waals surface area contributed by atoms with Crippen LogP contribution in [0.25, 0.3) is 11.3 Å². The van der Waals surface area contributed by atoms with Gasteiger partial charge in [-0.05, 0) is 31.2 Å². The van der Waals surface area contributed by atoms with Crippen LogP contribution >= 0.6 is 0 Å². The number of carbonyl (C=O) groups excluding carboxylic acids is 2. The second kappa shape index (κ2) is 9.56. The van der Waals surface area contributed by atoms with Gasteiger partial charge in [0.2, 0.25) is 5.91 Å². The molecule has 1 aliphatic rings. The first kappa shape index (κ1) is 21.5. The Labute approximate surface area is 175 Å². The van der Waals surface area contributed by atoms with Crippen molar-refractivity contribution in [2.24, 2.45) is 13.0 Å². The number of carboxylic acid groups (broad SMARTS) is 1. The first-order valence-electron chi connectivity index (χ1n) is 10.3. The van der Waals surface area contributed by atoms with E-state index in [1.165, 1.54) is 4.68 Å². The zero-order valence-corrected chi connectivity index (χ0v) is 17.4. The van der Waals surface area contributed by atoms with E-state index < -0.39 is 17.9 Å². The zero-order valence-electron chi connectivity index (χ0n) is 17.4. The van der Waals surface area contributed by atoms with Crippen molar-refractivity contribution in [2.45, 2.75) is 38.6 Å². The maximum atomic E-state index is 12.7. The second-order valence-electron chi connectivity index (χ2n) is 7.89. The van der Waals surface area contributed by atoms with E-state index in [1.807, 2.05) is 30.3 Å². The number of hydrogen-bond donors (Lipinski definition) is 2. The van der Waals surface area contributed by atoms with Crippen molar-refractivity contribution in [3.8, 4) is 11.3 Å². The maximum absolute atomic E-state index is 12.7. The van der Waals surface area contributed by atoms with Crippen LogP contribution in [0.15, 0.2) is 36.4 Å². The van der Waals surface area contributed by atoms with Crippen molar-refractivity contribution < 1.29 is 19.5 Å². The van der Waals surface area contributed by atoms with Crippen LogP contribution in [0.1, 0.15) is 43.1 Å². The lowest BCUT2D eigenvalue weighted by molar-refractivity contribution is -0.140. The van der Waals surface area contributed by atoms with Gasteiger partial charge in [0.15, 0.2) is 0 Å². The standard InChI is InChI=1S/C22H28N4O4/c1-15-7-6-12-26(14-15)20(27)11-10-17(22(29)30)23-21(28)19-13-18(24-25(19)2)16-8-4-3-5-9-16/h3-5,8-9,13,15,17H,6-7,10-12,14H2,1-2H3,(H,23,28)(H,29,30)/t15?,17-/m1/s1. The van der Waals surface area contributed by atoms with Gasteiger partial charge in [0, 0.05) is 32.1 Å². The smallest absolute Gasteiger partial charge is 0.326 e. The highest BCUT2D eigenvalue weighted by atomic mass is 16.4. The fourth-order valence-corrected chi connectivity index (χ4v) is 3.76. The number of nitrogens with zero attached hydrogens (tertiary/aromatic N) is 3.